The van der Waals surface area contributed by atoms with Gasteiger partial charge in [-0.2, -0.15) is 0 Å². The minimum atomic E-state index is -0.563. The lowest BCUT2D eigenvalue weighted by Crippen LogP contribution is -2.39. The molecule has 1 aromatic carbocycles. The summed E-state index contributed by atoms with van der Waals surface area (Å²) in [6.45, 7) is 8.98. The van der Waals surface area contributed by atoms with E-state index in [1.165, 1.54) is 0 Å². The molecule has 0 aliphatic carbocycles. The Bertz CT molecular complexity index is 502. The van der Waals surface area contributed by atoms with E-state index in [-0.39, 0.29) is 30.1 Å². The maximum Gasteiger partial charge on any atom is 0.253 e. The van der Waals surface area contributed by atoms with Gasteiger partial charge in [-0.1, -0.05) is 19.9 Å². The van der Waals surface area contributed by atoms with E-state index in [1.54, 1.807) is 29.2 Å². The molecule has 1 rings (SSSR count). The van der Waals surface area contributed by atoms with Crippen molar-refractivity contribution in [2.75, 3.05) is 18.4 Å². The van der Waals surface area contributed by atoms with Gasteiger partial charge in [0.25, 0.3) is 5.91 Å². The average molecular weight is 328 g/mol. The van der Waals surface area contributed by atoms with Crippen molar-refractivity contribution < 1.29 is 9.59 Å². The lowest BCUT2D eigenvalue weighted by molar-refractivity contribution is -0.118. The average Bonchev–Trinajstić information content (AvgIpc) is 2.47. The molecule has 1 atom stereocenters. The zero-order valence-electron chi connectivity index (χ0n) is 13.6. The van der Waals surface area contributed by atoms with Gasteiger partial charge in [-0.15, -0.1) is 12.4 Å². The molecule has 1 unspecified atom stereocenters. The van der Waals surface area contributed by atoms with E-state index in [1.807, 2.05) is 27.7 Å². The maximum atomic E-state index is 12.3. The lowest BCUT2D eigenvalue weighted by Gasteiger charge is -2.19. The van der Waals surface area contributed by atoms with Crippen LogP contribution in [0.1, 0.15) is 38.1 Å². The van der Waals surface area contributed by atoms with Gasteiger partial charge in [0.05, 0.1) is 6.04 Å². The van der Waals surface area contributed by atoms with Crippen LogP contribution in [0.4, 0.5) is 5.69 Å². The van der Waals surface area contributed by atoms with Gasteiger partial charge >= 0.3 is 0 Å². The van der Waals surface area contributed by atoms with Crippen molar-refractivity contribution in [1.82, 2.24) is 4.90 Å². The Labute approximate surface area is 138 Å². The third-order valence-electron chi connectivity index (χ3n) is 3.45. The first-order valence-electron chi connectivity index (χ1n) is 7.36. The summed E-state index contributed by atoms with van der Waals surface area (Å²) in [5, 5.41) is 2.76. The van der Waals surface area contributed by atoms with Crippen molar-refractivity contribution in [1.29, 1.82) is 0 Å². The number of anilines is 1. The van der Waals surface area contributed by atoms with Crippen LogP contribution in [0.25, 0.3) is 0 Å². The van der Waals surface area contributed by atoms with Crippen LogP contribution >= 0.6 is 12.4 Å². The molecular weight excluding hydrogens is 302 g/mol. The highest BCUT2D eigenvalue weighted by Gasteiger charge is 2.18. The van der Waals surface area contributed by atoms with Crippen molar-refractivity contribution in [3.63, 3.8) is 0 Å². The molecule has 0 aromatic heterocycles. The summed E-state index contributed by atoms with van der Waals surface area (Å²) in [4.78, 5) is 26.0. The number of benzene rings is 1. The highest BCUT2D eigenvalue weighted by atomic mass is 35.5. The molecule has 0 saturated carbocycles. The summed E-state index contributed by atoms with van der Waals surface area (Å²) in [6.07, 6.45) is 0. The first kappa shape index (κ1) is 20.4. The van der Waals surface area contributed by atoms with Crippen molar-refractivity contribution >= 4 is 29.9 Å². The maximum absolute atomic E-state index is 12.3. The van der Waals surface area contributed by atoms with Gasteiger partial charge in [0.1, 0.15) is 0 Å². The molecule has 1 aromatic rings. The SMILES string of the molecule is CCN(CC)C(=O)c1cccc(NC(=O)C(N)C(C)C)c1.Cl. The van der Waals surface area contributed by atoms with E-state index in [4.69, 9.17) is 5.73 Å². The lowest BCUT2D eigenvalue weighted by atomic mass is 10.0. The monoisotopic (exact) mass is 327 g/mol. The number of halogens is 1. The number of nitrogens with one attached hydrogen (secondary N) is 1. The van der Waals surface area contributed by atoms with Gasteiger partial charge in [-0.25, -0.2) is 0 Å². The minimum Gasteiger partial charge on any atom is -0.339 e. The van der Waals surface area contributed by atoms with E-state index in [9.17, 15) is 9.59 Å². The Balaban J connectivity index is 0.00000441. The summed E-state index contributed by atoms with van der Waals surface area (Å²) in [5.41, 5.74) is 6.97. The summed E-state index contributed by atoms with van der Waals surface area (Å²) in [5.74, 6) is -0.216. The van der Waals surface area contributed by atoms with Crippen LogP contribution < -0.4 is 11.1 Å². The summed E-state index contributed by atoms with van der Waals surface area (Å²) < 4.78 is 0. The first-order valence-corrected chi connectivity index (χ1v) is 7.36. The number of hydrogen-bond donors (Lipinski definition) is 2. The fourth-order valence-corrected chi connectivity index (χ4v) is 1.95. The minimum absolute atomic E-state index is 0. The molecule has 0 bridgehead atoms. The van der Waals surface area contributed by atoms with Crippen LogP contribution in [0.3, 0.4) is 0 Å². The van der Waals surface area contributed by atoms with Gasteiger partial charge in [-0.3, -0.25) is 9.59 Å². The third kappa shape index (κ3) is 5.31. The van der Waals surface area contributed by atoms with Crippen LogP contribution in [0.5, 0.6) is 0 Å². The molecule has 22 heavy (non-hydrogen) atoms. The van der Waals surface area contributed by atoms with Crippen LogP contribution in [-0.2, 0) is 4.79 Å². The predicted octanol–water partition coefficient (Wildman–Crippen LogP) is 2.51. The zero-order chi connectivity index (χ0) is 16.0. The molecular formula is C16H26ClN3O2. The molecule has 0 aliphatic heterocycles. The van der Waals surface area contributed by atoms with Gasteiger partial charge < -0.3 is 16.0 Å². The Morgan fingerprint density at radius 1 is 1.23 bits per heavy atom. The van der Waals surface area contributed by atoms with Crippen LogP contribution in [0, 0.1) is 5.92 Å². The number of amides is 2. The van der Waals surface area contributed by atoms with Crippen molar-refractivity contribution in [2.45, 2.75) is 33.7 Å². The summed E-state index contributed by atoms with van der Waals surface area (Å²) >= 11 is 0. The Morgan fingerprint density at radius 3 is 2.32 bits per heavy atom. The second-order valence-electron chi connectivity index (χ2n) is 5.32. The molecule has 2 amide bonds. The van der Waals surface area contributed by atoms with Crippen LogP contribution in [-0.4, -0.2) is 35.8 Å². The molecule has 0 saturated heterocycles. The fourth-order valence-electron chi connectivity index (χ4n) is 1.95. The molecule has 0 radical (unpaired) electrons. The molecule has 124 valence electrons. The smallest absolute Gasteiger partial charge is 0.253 e. The second kappa shape index (κ2) is 9.43. The Kier molecular flexibility index (Phi) is 8.75. The van der Waals surface area contributed by atoms with E-state index < -0.39 is 6.04 Å². The number of carbonyl (C=O) groups is 2. The first-order chi connectivity index (χ1) is 9.90. The fraction of sp³-hybridized carbons (Fsp3) is 0.500. The summed E-state index contributed by atoms with van der Waals surface area (Å²) in [7, 11) is 0. The third-order valence-corrected chi connectivity index (χ3v) is 3.45. The quantitative estimate of drug-likeness (QED) is 0.843. The van der Waals surface area contributed by atoms with E-state index in [0.717, 1.165) is 0 Å². The van der Waals surface area contributed by atoms with Gasteiger partial charge in [0, 0.05) is 24.3 Å². The topological polar surface area (TPSA) is 75.4 Å². The van der Waals surface area contributed by atoms with Crippen molar-refractivity contribution in [3.05, 3.63) is 29.8 Å². The van der Waals surface area contributed by atoms with E-state index in [2.05, 4.69) is 5.32 Å². The van der Waals surface area contributed by atoms with Gasteiger partial charge in [0.15, 0.2) is 0 Å². The predicted molar refractivity (Wildman–Crippen MR) is 92.4 cm³/mol. The Hall–Kier alpha value is -1.59. The van der Waals surface area contributed by atoms with E-state index in [0.29, 0.717) is 24.3 Å². The van der Waals surface area contributed by atoms with Gasteiger partial charge in [0.2, 0.25) is 5.91 Å². The largest absolute Gasteiger partial charge is 0.339 e. The standard InChI is InChI=1S/C16H25N3O2.ClH/c1-5-19(6-2)16(21)12-8-7-9-13(10-12)18-15(20)14(17)11(3)4;/h7-11,14H,5-6,17H2,1-4H3,(H,18,20);1H. The summed E-state index contributed by atoms with van der Waals surface area (Å²) in [6, 6.07) is 6.38. The molecule has 0 fully saturated rings. The molecule has 0 aliphatic rings. The highest BCUT2D eigenvalue weighted by molar-refractivity contribution is 5.98. The normalized spacial score (nSPS) is 11.5. The molecule has 3 N–H and O–H groups in total. The Morgan fingerprint density at radius 2 is 1.82 bits per heavy atom. The van der Waals surface area contributed by atoms with Crippen LogP contribution in [0.15, 0.2) is 24.3 Å². The number of nitrogens with zero attached hydrogens (tertiary/aromatic N) is 1. The number of rotatable bonds is 6. The number of hydrogen-bond acceptors (Lipinski definition) is 3. The number of carbonyl (C=O) groups excluding carboxylic acids is 2. The van der Waals surface area contributed by atoms with E-state index >= 15 is 0 Å². The molecule has 6 heteroatoms. The highest BCUT2D eigenvalue weighted by Crippen LogP contribution is 2.14. The zero-order valence-corrected chi connectivity index (χ0v) is 14.4. The second-order valence-corrected chi connectivity index (χ2v) is 5.32. The molecule has 0 heterocycles. The molecule has 5 nitrogen and oxygen atoms in total. The number of nitrogens with two attached hydrogens (primary N) is 1. The van der Waals surface area contributed by atoms with Crippen molar-refractivity contribution in [2.24, 2.45) is 11.7 Å². The molecule has 0 spiro atoms. The van der Waals surface area contributed by atoms with Crippen LogP contribution in [0.2, 0.25) is 0 Å². The van der Waals surface area contributed by atoms with Crippen molar-refractivity contribution in [3.8, 4) is 0 Å². The van der Waals surface area contributed by atoms with Gasteiger partial charge in [-0.05, 0) is 38.0 Å².